The minimum atomic E-state index is 0. The van der Waals surface area contributed by atoms with Crippen LogP contribution in [0.4, 0.5) is 0 Å². The summed E-state index contributed by atoms with van der Waals surface area (Å²) >= 11 is 5.71. The molecule has 1 aliphatic carbocycles. The third kappa shape index (κ3) is 3.03. The molecule has 2 unspecified atom stereocenters. The average Bonchev–Trinajstić information content (AvgIpc) is 2.90. The summed E-state index contributed by atoms with van der Waals surface area (Å²) in [5.41, 5.74) is 0.208. The van der Waals surface area contributed by atoms with Gasteiger partial charge in [0.25, 0.3) is 0 Å². The van der Waals surface area contributed by atoms with Gasteiger partial charge in [0, 0.05) is 0 Å². The Kier molecular flexibility index (Phi) is 4.64. The quantitative estimate of drug-likeness (QED) is 0.791. The highest BCUT2D eigenvalue weighted by molar-refractivity contribution is 6.29. The van der Waals surface area contributed by atoms with Gasteiger partial charge in [-0.25, -0.2) is 4.98 Å². The molecule has 2 atom stereocenters. The van der Waals surface area contributed by atoms with Gasteiger partial charge in [-0.3, -0.25) is 0 Å². The van der Waals surface area contributed by atoms with Crippen molar-refractivity contribution < 1.29 is 4.74 Å². The van der Waals surface area contributed by atoms with Crippen molar-refractivity contribution in [3.8, 4) is 5.75 Å². The number of likely N-dealkylation sites (N-methyl/N-ethyl adjacent to an activating group) is 1. The molecule has 0 spiro atoms. The van der Waals surface area contributed by atoms with Crippen LogP contribution < -0.4 is 4.74 Å². The lowest BCUT2D eigenvalue weighted by Crippen LogP contribution is -2.37. The first-order valence-corrected chi connectivity index (χ1v) is 5.84. The third-order valence-electron chi connectivity index (χ3n) is 3.50. The molecule has 0 amide bonds. The lowest BCUT2D eigenvalue weighted by molar-refractivity contribution is 0.155. The van der Waals surface area contributed by atoms with E-state index in [2.05, 4.69) is 30.9 Å². The van der Waals surface area contributed by atoms with E-state index in [-0.39, 0.29) is 17.9 Å². The standard InChI is InChI=1S/C12H17ClN2O.ClH/c1-9-6-12(9,15(2)3)8-16-10-4-5-11(13)14-7-10;/h4-5,7,9H,6,8H2,1-3H3;1H. The first kappa shape index (κ1) is 14.6. The fraction of sp³-hybridized carbons (Fsp3) is 0.583. The highest BCUT2D eigenvalue weighted by Gasteiger charge is 2.53. The topological polar surface area (TPSA) is 25.4 Å². The summed E-state index contributed by atoms with van der Waals surface area (Å²) < 4.78 is 5.76. The Hall–Kier alpha value is -0.510. The van der Waals surface area contributed by atoms with Gasteiger partial charge in [0.05, 0.1) is 11.7 Å². The molecule has 1 saturated carbocycles. The molecule has 0 N–H and O–H groups in total. The third-order valence-corrected chi connectivity index (χ3v) is 3.72. The molecule has 1 fully saturated rings. The number of hydrogen-bond acceptors (Lipinski definition) is 3. The van der Waals surface area contributed by atoms with E-state index in [9.17, 15) is 0 Å². The Balaban J connectivity index is 0.00000144. The molecule has 0 radical (unpaired) electrons. The lowest BCUT2D eigenvalue weighted by Gasteiger charge is -2.25. The van der Waals surface area contributed by atoms with Crippen molar-refractivity contribution in [1.82, 2.24) is 9.88 Å². The highest BCUT2D eigenvalue weighted by Crippen LogP contribution is 2.47. The number of aromatic nitrogens is 1. The van der Waals surface area contributed by atoms with E-state index < -0.39 is 0 Å². The minimum Gasteiger partial charge on any atom is -0.490 e. The van der Waals surface area contributed by atoms with Gasteiger partial charge in [-0.2, -0.15) is 0 Å². The van der Waals surface area contributed by atoms with Crippen molar-refractivity contribution in [1.29, 1.82) is 0 Å². The van der Waals surface area contributed by atoms with E-state index in [1.165, 1.54) is 6.42 Å². The molecular weight excluding hydrogens is 259 g/mol. The maximum atomic E-state index is 5.76. The summed E-state index contributed by atoms with van der Waals surface area (Å²) in [4.78, 5) is 6.24. The zero-order valence-electron chi connectivity index (χ0n) is 10.3. The number of halogens is 2. The molecule has 1 heterocycles. The monoisotopic (exact) mass is 276 g/mol. The predicted octanol–water partition coefficient (Wildman–Crippen LogP) is 2.88. The molecule has 0 bridgehead atoms. The molecule has 96 valence electrons. The van der Waals surface area contributed by atoms with Gasteiger partial charge in [0.2, 0.25) is 0 Å². The van der Waals surface area contributed by atoms with Gasteiger partial charge in [-0.15, -0.1) is 12.4 Å². The maximum absolute atomic E-state index is 5.76. The first-order valence-electron chi connectivity index (χ1n) is 5.46. The summed E-state index contributed by atoms with van der Waals surface area (Å²) in [6.07, 6.45) is 2.86. The Labute approximate surface area is 114 Å². The van der Waals surface area contributed by atoms with E-state index in [4.69, 9.17) is 16.3 Å². The van der Waals surface area contributed by atoms with E-state index in [1.54, 1.807) is 12.3 Å². The van der Waals surface area contributed by atoms with E-state index in [0.717, 1.165) is 5.75 Å². The van der Waals surface area contributed by atoms with Crippen molar-refractivity contribution in [3.05, 3.63) is 23.5 Å². The number of hydrogen-bond donors (Lipinski definition) is 0. The van der Waals surface area contributed by atoms with Crippen LogP contribution in [0.3, 0.4) is 0 Å². The van der Waals surface area contributed by atoms with Gasteiger partial charge in [0.1, 0.15) is 17.5 Å². The summed E-state index contributed by atoms with van der Waals surface area (Å²) in [5.74, 6) is 1.48. The Morgan fingerprint density at radius 2 is 2.18 bits per heavy atom. The van der Waals surface area contributed by atoms with Gasteiger partial charge in [-0.05, 0) is 38.6 Å². The Morgan fingerprint density at radius 1 is 1.53 bits per heavy atom. The number of rotatable bonds is 4. The predicted molar refractivity (Wildman–Crippen MR) is 72.2 cm³/mol. The van der Waals surface area contributed by atoms with Crippen LogP contribution in [0.1, 0.15) is 13.3 Å². The van der Waals surface area contributed by atoms with Crippen molar-refractivity contribution in [2.75, 3.05) is 20.7 Å². The van der Waals surface area contributed by atoms with Crippen LogP contribution in [-0.2, 0) is 0 Å². The van der Waals surface area contributed by atoms with Crippen LogP contribution in [0.25, 0.3) is 0 Å². The van der Waals surface area contributed by atoms with Crippen LogP contribution in [0, 0.1) is 5.92 Å². The van der Waals surface area contributed by atoms with Crippen molar-refractivity contribution in [2.45, 2.75) is 18.9 Å². The summed E-state index contributed by atoms with van der Waals surface area (Å²) in [6.45, 7) is 2.97. The first-order chi connectivity index (χ1) is 7.54. The summed E-state index contributed by atoms with van der Waals surface area (Å²) in [5, 5.41) is 0.495. The zero-order valence-corrected chi connectivity index (χ0v) is 11.9. The molecule has 3 nitrogen and oxygen atoms in total. The smallest absolute Gasteiger partial charge is 0.137 e. The second-order valence-corrected chi connectivity index (χ2v) is 5.10. The van der Waals surface area contributed by atoms with Crippen LogP contribution in [0.2, 0.25) is 5.15 Å². The lowest BCUT2D eigenvalue weighted by atomic mass is 10.2. The molecular formula is C12H18Cl2N2O. The van der Waals surface area contributed by atoms with Crippen LogP contribution in [0.15, 0.2) is 18.3 Å². The van der Waals surface area contributed by atoms with Crippen LogP contribution >= 0.6 is 24.0 Å². The fourth-order valence-corrected chi connectivity index (χ4v) is 2.19. The largest absolute Gasteiger partial charge is 0.490 e. The second-order valence-electron chi connectivity index (χ2n) is 4.71. The normalized spacial score (nSPS) is 26.5. The Bertz CT molecular complexity index is 369. The molecule has 1 aliphatic rings. The van der Waals surface area contributed by atoms with E-state index in [0.29, 0.717) is 17.7 Å². The van der Waals surface area contributed by atoms with Crippen molar-refractivity contribution >= 4 is 24.0 Å². The molecule has 0 saturated heterocycles. The summed E-state index contributed by atoms with van der Waals surface area (Å²) in [7, 11) is 4.21. The number of nitrogens with zero attached hydrogens (tertiary/aromatic N) is 2. The molecule has 0 aliphatic heterocycles. The second kappa shape index (κ2) is 5.42. The Morgan fingerprint density at radius 3 is 2.59 bits per heavy atom. The zero-order chi connectivity index (χ0) is 11.8. The van der Waals surface area contributed by atoms with E-state index >= 15 is 0 Å². The van der Waals surface area contributed by atoms with Crippen molar-refractivity contribution in [3.63, 3.8) is 0 Å². The maximum Gasteiger partial charge on any atom is 0.137 e. The van der Waals surface area contributed by atoms with Gasteiger partial charge >= 0.3 is 0 Å². The van der Waals surface area contributed by atoms with Crippen LogP contribution in [-0.4, -0.2) is 36.1 Å². The number of ether oxygens (including phenoxy) is 1. The molecule has 2 rings (SSSR count). The minimum absolute atomic E-state index is 0. The van der Waals surface area contributed by atoms with Gasteiger partial charge in [0.15, 0.2) is 0 Å². The molecule has 5 heteroatoms. The van der Waals surface area contributed by atoms with Gasteiger partial charge in [-0.1, -0.05) is 18.5 Å². The summed E-state index contributed by atoms with van der Waals surface area (Å²) in [6, 6.07) is 3.60. The average molecular weight is 277 g/mol. The molecule has 1 aromatic rings. The fourth-order valence-electron chi connectivity index (χ4n) is 2.08. The van der Waals surface area contributed by atoms with E-state index in [1.807, 2.05) is 6.07 Å². The molecule has 1 aromatic heterocycles. The highest BCUT2D eigenvalue weighted by atomic mass is 35.5. The molecule has 0 aromatic carbocycles. The van der Waals surface area contributed by atoms with Gasteiger partial charge < -0.3 is 9.64 Å². The number of pyridine rings is 1. The SMILES string of the molecule is CC1CC1(COc1ccc(Cl)nc1)N(C)C.Cl. The van der Waals surface area contributed by atoms with Crippen molar-refractivity contribution in [2.24, 2.45) is 5.92 Å². The molecule has 17 heavy (non-hydrogen) atoms. The van der Waals surface area contributed by atoms with Crippen LogP contribution in [0.5, 0.6) is 5.75 Å².